The first-order chi connectivity index (χ1) is 6.01. The van der Waals surface area contributed by atoms with Gasteiger partial charge in [0.15, 0.2) is 0 Å². The van der Waals surface area contributed by atoms with E-state index in [-0.39, 0.29) is 6.04 Å². The van der Waals surface area contributed by atoms with E-state index >= 15 is 0 Å². The van der Waals surface area contributed by atoms with E-state index in [0.717, 1.165) is 25.7 Å². The lowest BCUT2D eigenvalue weighted by molar-refractivity contribution is 0.366. The third-order valence-corrected chi connectivity index (χ3v) is 3.90. The van der Waals surface area contributed by atoms with Crippen molar-refractivity contribution in [2.45, 2.75) is 37.8 Å². The fraction of sp³-hybridized carbons (Fsp3) is 1.00. The number of rotatable bonds is 3. The Labute approximate surface area is 93.4 Å². The number of nitrogens with one attached hydrogen (secondary N) is 2. The summed E-state index contributed by atoms with van der Waals surface area (Å²) in [6.07, 6.45) is 5.20. The molecule has 0 aromatic rings. The molecule has 0 saturated heterocycles. The van der Waals surface area contributed by atoms with Crippen LogP contribution in [0.1, 0.15) is 25.7 Å². The van der Waals surface area contributed by atoms with Gasteiger partial charge in [-0.05, 0) is 25.7 Å². The molecule has 1 saturated carbocycles. The Bertz CT molecular complexity index is 247. The maximum atomic E-state index is 10.9. The second kappa shape index (κ2) is 4.90. The van der Waals surface area contributed by atoms with Crippen LogP contribution in [-0.2, 0) is 10.0 Å². The van der Waals surface area contributed by atoms with E-state index in [4.69, 9.17) is 0 Å². The number of halogens is 1. The third-order valence-electron chi connectivity index (χ3n) is 2.26. The van der Waals surface area contributed by atoms with Crippen molar-refractivity contribution in [2.75, 3.05) is 6.26 Å². The van der Waals surface area contributed by atoms with Crippen molar-refractivity contribution < 1.29 is 8.42 Å². The second-order valence-corrected chi connectivity index (χ2v) is 5.95. The van der Waals surface area contributed by atoms with Gasteiger partial charge < -0.3 is 0 Å². The molecule has 0 aromatic carbocycles. The second-order valence-electron chi connectivity index (χ2n) is 3.55. The predicted molar refractivity (Wildman–Crippen MR) is 61.2 cm³/mol. The normalized spacial score (nSPS) is 30.3. The highest BCUT2D eigenvalue weighted by Crippen LogP contribution is 2.19. The molecule has 1 fully saturated rings. The molecule has 0 aliphatic heterocycles. The predicted octanol–water partition coefficient (Wildman–Crippen LogP) is 0.786. The molecule has 6 heteroatoms. The molecular formula is C7H15IN2O2S. The summed E-state index contributed by atoms with van der Waals surface area (Å²) in [7, 11) is -3.02. The Morgan fingerprint density at radius 3 is 2.00 bits per heavy atom. The molecule has 0 atom stereocenters. The highest BCUT2D eigenvalue weighted by molar-refractivity contribution is 14.1. The minimum Gasteiger partial charge on any atom is -0.258 e. The summed E-state index contributed by atoms with van der Waals surface area (Å²) in [6, 6.07) is 0.703. The zero-order valence-corrected chi connectivity index (χ0v) is 10.6. The molecule has 0 unspecified atom stereocenters. The maximum absolute atomic E-state index is 10.9. The summed E-state index contributed by atoms with van der Waals surface area (Å²) in [5, 5.41) is 0. The van der Waals surface area contributed by atoms with Crippen molar-refractivity contribution in [3.05, 3.63) is 0 Å². The van der Waals surface area contributed by atoms with Crippen LogP contribution < -0.4 is 8.25 Å². The van der Waals surface area contributed by atoms with Crippen LogP contribution in [0.15, 0.2) is 0 Å². The van der Waals surface area contributed by atoms with Gasteiger partial charge in [-0.1, -0.05) is 0 Å². The van der Waals surface area contributed by atoms with Crippen LogP contribution in [0.4, 0.5) is 0 Å². The molecule has 0 radical (unpaired) electrons. The summed E-state index contributed by atoms with van der Waals surface area (Å²) in [6.45, 7) is 0. The lowest BCUT2D eigenvalue weighted by atomic mass is 9.93. The maximum Gasteiger partial charge on any atom is 0.208 e. The lowest BCUT2D eigenvalue weighted by Crippen LogP contribution is -2.39. The van der Waals surface area contributed by atoms with Crippen molar-refractivity contribution in [1.82, 2.24) is 8.25 Å². The number of sulfonamides is 1. The average Bonchev–Trinajstić information content (AvgIpc) is 2.03. The van der Waals surface area contributed by atoms with Crippen LogP contribution in [0.3, 0.4) is 0 Å². The smallest absolute Gasteiger partial charge is 0.208 e. The van der Waals surface area contributed by atoms with Gasteiger partial charge in [0.05, 0.1) is 6.26 Å². The topological polar surface area (TPSA) is 58.2 Å². The molecule has 0 heterocycles. The van der Waals surface area contributed by atoms with Crippen LogP contribution in [0.5, 0.6) is 0 Å². The zero-order valence-electron chi connectivity index (χ0n) is 7.59. The number of hydrogen-bond acceptors (Lipinski definition) is 3. The Balaban J connectivity index is 2.33. The summed E-state index contributed by atoms with van der Waals surface area (Å²) < 4.78 is 27.7. The molecule has 78 valence electrons. The SMILES string of the molecule is CS(=O)(=O)NC1CCC(NI)CC1. The van der Waals surface area contributed by atoms with E-state index < -0.39 is 10.0 Å². The van der Waals surface area contributed by atoms with Gasteiger partial charge in [0.1, 0.15) is 0 Å². The largest absolute Gasteiger partial charge is 0.258 e. The summed E-state index contributed by atoms with van der Waals surface area (Å²) >= 11 is 2.15. The molecule has 0 amide bonds. The van der Waals surface area contributed by atoms with Crippen molar-refractivity contribution in [3.63, 3.8) is 0 Å². The fourth-order valence-corrected chi connectivity index (χ4v) is 3.09. The molecule has 1 rings (SSSR count). The fourth-order valence-electron chi connectivity index (χ4n) is 1.62. The van der Waals surface area contributed by atoms with Gasteiger partial charge in [0.2, 0.25) is 10.0 Å². The van der Waals surface area contributed by atoms with Gasteiger partial charge in [0.25, 0.3) is 0 Å². The van der Waals surface area contributed by atoms with Gasteiger partial charge in [-0.25, -0.2) is 13.1 Å². The third kappa shape index (κ3) is 4.57. The Kier molecular flexibility index (Phi) is 4.40. The first kappa shape index (κ1) is 11.7. The Morgan fingerprint density at radius 1 is 1.15 bits per heavy atom. The standard InChI is InChI=1S/C7H15IN2O2S/c1-13(11,12)10-7-4-2-6(9-8)3-5-7/h6-7,9-10H,2-5H2,1H3. The van der Waals surface area contributed by atoms with Crippen LogP contribution in [0.25, 0.3) is 0 Å². The first-order valence-corrected chi connectivity index (χ1v) is 7.32. The monoisotopic (exact) mass is 318 g/mol. The summed E-state index contributed by atoms with van der Waals surface area (Å²) in [5.41, 5.74) is 0. The molecule has 1 aliphatic carbocycles. The summed E-state index contributed by atoms with van der Waals surface area (Å²) in [5.74, 6) is 0. The Hall–Kier alpha value is 0.600. The highest BCUT2D eigenvalue weighted by Gasteiger charge is 2.22. The van der Waals surface area contributed by atoms with Gasteiger partial charge >= 0.3 is 0 Å². The van der Waals surface area contributed by atoms with Crippen molar-refractivity contribution in [2.24, 2.45) is 0 Å². The molecule has 4 nitrogen and oxygen atoms in total. The van der Waals surface area contributed by atoms with Crippen molar-refractivity contribution >= 4 is 32.9 Å². The van der Waals surface area contributed by atoms with E-state index in [2.05, 4.69) is 31.1 Å². The quantitative estimate of drug-likeness (QED) is 0.597. The van der Waals surface area contributed by atoms with Crippen LogP contribution in [0, 0.1) is 0 Å². The van der Waals surface area contributed by atoms with E-state index in [1.165, 1.54) is 6.26 Å². The molecule has 13 heavy (non-hydrogen) atoms. The van der Waals surface area contributed by atoms with E-state index in [1.807, 2.05) is 0 Å². The van der Waals surface area contributed by atoms with Gasteiger partial charge in [-0.2, -0.15) is 0 Å². The van der Waals surface area contributed by atoms with Crippen molar-refractivity contribution in [3.8, 4) is 0 Å². The molecule has 0 bridgehead atoms. The van der Waals surface area contributed by atoms with E-state index in [0.29, 0.717) is 6.04 Å². The molecule has 2 N–H and O–H groups in total. The highest BCUT2D eigenvalue weighted by atomic mass is 127. The minimum absolute atomic E-state index is 0.149. The zero-order chi connectivity index (χ0) is 9.90. The first-order valence-electron chi connectivity index (χ1n) is 4.35. The van der Waals surface area contributed by atoms with Crippen molar-refractivity contribution in [1.29, 1.82) is 0 Å². The molecule has 0 spiro atoms. The number of hydrogen-bond donors (Lipinski definition) is 2. The van der Waals surface area contributed by atoms with E-state index in [1.54, 1.807) is 0 Å². The van der Waals surface area contributed by atoms with Gasteiger partial charge in [0, 0.05) is 34.9 Å². The van der Waals surface area contributed by atoms with Crippen LogP contribution in [0.2, 0.25) is 0 Å². The average molecular weight is 318 g/mol. The Morgan fingerprint density at radius 2 is 1.62 bits per heavy atom. The summed E-state index contributed by atoms with van der Waals surface area (Å²) in [4.78, 5) is 0. The van der Waals surface area contributed by atoms with Crippen LogP contribution >= 0.6 is 22.9 Å². The molecule has 0 aromatic heterocycles. The molecule has 1 aliphatic rings. The van der Waals surface area contributed by atoms with E-state index in [9.17, 15) is 8.42 Å². The van der Waals surface area contributed by atoms with Gasteiger partial charge in [-0.15, -0.1) is 0 Å². The van der Waals surface area contributed by atoms with Crippen LogP contribution in [-0.4, -0.2) is 26.8 Å². The van der Waals surface area contributed by atoms with Gasteiger partial charge in [-0.3, -0.25) is 3.53 Å². The molecular weight excluding hydrogens is 303 g/mol. The lowest BCUT2D eigenvalue weighted by Gasteiger charge is -2.27. The minimum atomic E-state index is -3.02.